The highest BCUT2D eigenvalue weighted by molar-refractivity contribution is 5.80. The maximum atomic E-state index is 11.8. The van der Waals surface area contributed by atoms with Crippen molar-refractivity contribution in [1.82, 2.24) is 29.5 Å². The summed E-state index contributed by atoms with van der Waals surface area (Å²) in [4.78, 5) is 18.7. The molecular weight excluding hydrogens is 292 g/mol. The number of imidazole rings is 1. The molecular formula is C16H22N6O. The summed E-state index contributed by atoms with van der Waals surface area (Å²) in [6.07, 6.45) is 7.95. The Bertz CT molecular complexity index is 714. The number of carbonyl (C=O) groups excluding carboxylic acids is 1. The van der Waals surface area contributed by atoms with E-state index in [4.69, 9.17) is 0 Å². The summed E-state index contributed by atoms with van der Waals surface area (Å²) in [5.41, 5.74) is 2.33. The van der Waals surface area contributed by atoms with Gasteiger partial charge in [-0.3, -0.25) is 14.4 Å². The van der Waals surface area contributed by atoms with E-state index in [0.717, 1.165) is 50.5 Å². The van der Waals surface area contributed by atoms with Gasteiger partial charge in [0.2, 0.25) is 5.91 Å². The molecule has 0 radical (unpaired) electrons. The normalized spacial score (nSPS) is 18.0. The minimum absolute atomic E-state index is 0.189. The van der Waals surface area contributed by atoms with E-state index in [2.05, 4.69) is 31.1 Å². The predicted octanol–water partition coefficient (Wildman–Crippen LogP) is 0.659. The van der Waals surface area contributed by atoms with Crippen molar-refractivity contribution in [1.29, 1.82) is 0 Å². The minimum Gasteiger partial charge on any atom is -0.350 e. The van der Waals surface area contributed by atoms with Crippen LogP contribution in [-0.4, -0.2) is 36.7 Å². The highest BCUT2D eigenvalue weighted by atomic mass is 16.2. The first-order valence-corrected chi connectivity index (χ1v) is 8.20. The lowest BCUT2D eigenvalue weighted by Gasteiger charge is -2.28. The lowest BCUT2D eigenvalue weighted by Crippen LogP contribution is -2.34. The van der Waals surface area contributed by atoms with E-state index in [0.29, 0.717) is 6.54 Å². The summed E-state index contributed by atoms with van der Waals surface area (Å²) in [7, 11) is 1.94. The molecule has 2 aromatic rings. The van der Waals surface area contributed by atoms with Crippen LogP contribution in [0.4, 0.5) is 0 Å². The zero-order valence-electron chi connectivity index (χ0n) is 13.4. The molecule has 1 fully saturated rings. The number of hydrogen-bond donors (Lipinski definition) is 1. The number of carbonyl (C=O) groups is 1. The third kappa shape index (κ3) is 3.14. The van der Waals surface area contributed by atoms with Crippen LogP contribution >= 0.6 is 0 Å². The van der Waals surface area contributed by atoms with Crippen LogP contribution in [0.15, 0.2) is 18.6 Å². The lowest BCUT2D eigenvalue weighted by molar-refractivity contribution is -0.122. The Hall–Kier alpha value is -2.15. The van der Waals surface area contributed by atoms with E-state index in [1.54, 1.807) is 0 Å². The summed E-state index contributed by atoms with van der Waals surface area (Å²) in [5, 5.41) is 7.25. The Morgan fingerprint density at radius 1 is 1.35 bits per heavy atom. The average Bonchev–Trinajstić information content (AvgIpc) is 3.21. The number of amides is 1. The van der Waals surface area contributed by atoms with Gasteiger partial charge >= 0.3 is 0 Å². The van der Waals surface area contributed by atoms with E-state index in [1.807, 2.05) is 24.1 Å². The van der Waals surface area contributed by atoms with Crippen molar-refractivity contribution in [3.05, 3.63) is 35.7 Å². The summed E-state index contributed by atoms with van der Waals surface area (Å²) in [6, 6.07) is 0. The number of aryl methyl sites for hydroxylation is 1. The van der Waals surface area contributed by atoms with Gasteiger partial charge < -0.3 is 9.88 Å². The van der Waals surface area contributed by atoms with Gasteiger partial charge in [-0.15, -0.1) is 0 Å². The van der Waals surface area contributed by atoms with Gasteiger partial charge in [-0.25, -0.2) is 4.98 Å². The molecule has 23 heavy (non-hydrogen) atoms. The zero-order valence-corrected chi connectivity index (χ0v) is 13.4. The third-order valence-electron chi connectivity index (χ3n) is 4.58. The van der Waals surface area contributed by atoms with E-state index < -0.39 is 0 Å². The molecule has 1 saturated carbocycles. The van der Waals surface area contributed by atoms with Gasteiger partial charge in [0.05, 0.1) is 31.2 Å². The van der Waals surface area contributed by atoms with Gasteiger partial charge in [0.25, 0.3) is 0 Å². The zero-order chi connectivity index (χ0) is 15.8. The Morgan fingerprint density at radius 2 is 2.22 bits per heavy atom. The minimum atomic E-state index is 0.189. The van der Waals surface area contributed by atoms with Gasteiger partial charge in [-0.05, 0) is 12.8 Å². The van der Waals surface area contributed by atoms with E-state index in [-0.39, 0.29) is 11.8 Å². The Labute approximate surface area is 135 Å². The average molecular weight is 314 g/mol. The van der Waals surface area contributed by atoms with Gasteiger partial charge in [-0.1, -0.05) is 0 Å². The molecule has 122 valence electrons. The molecule has 0 spiro atoms. The van der Waals surface area contributed by atoms with Crippen molar-refractivity contribution in [3.63, 3.8) is 0 Å². The number of nitrogens with one attached hydrogen (secondary N) is 1. The largest absolute Gasteiger partial charge is 0.350 e. The molecule has 0 bridgehead atoms. The van der Waals surface area contributed by atoms with Gasteiger partial charge in [0.1, 0.15) is 5.82 Å². The molecule has 2 aromatic heterocycles. The Balaban J connectivity index is 1.37. The van der Waals surface area contributed by atoms with Gasteiger partial charge in [0.15, 0.2) is 0 Å². The Morgan fingerprint density at radius 3 is 2.96 bits per heavy atom. The molecule has 0 aromatic carbocycles. The van der Waals surface area contributed by atoms with Crippen molar-refractivity contribution in [2.75, 3.05) is 6.54 Å². The monoisotopic (exact) mass is 314 g/mol. The van der Waals surface area contributed by atoms with Crippen LogP contribution < -0.4 is 5.32 Å². The molecule has 7 heteroatoms. The number of hydrogen-bond acceptors (Lipinski definition) is 4. The van der Waals surface area contributed by atoms with Crippen LogP contribution in [0.25, 0.3) is 0 Å². The van der Waals surface area contributed by atoms with Gasteiger partial charge in [0, 0.05) is 44.4 Å². The standard InChI is InChI=1S/C16H22N6O/c1-20-9-12(6-19-20)10-21-4-5-22-14(7-17-15(22)11-21)8-18-16(23)13-2-3-13/h6-7,9,13H,2-5,8,10-11H2,1H3,(H,18,23). The summed E-state index contributed by atoms with van der Waals surface area (Å²) < 4.78 is 4.08. The smallest absolute Gasteiger partial charge is 0.223 e. The molecule has 1 amide bonds. The summed E-state index contributed by atoms with van der Waals surface area (Å²) >= 11 is 0. The maximum Gasteiger partial charge on any atom is 0.223 e. The van der Waals surface area contributed by atoms with Crippen LogP contribution in [0, 0.1) is 5.92 Å². The first-order valence-electron chi connectivity index (χ1n) is 8.20. The first-order chi connectivity index (χ1) is 11.2. The summed E-state index contributed by atoms with van der Waals surface area (Å²) in [6.45, 7) is 4.23. The molecule has 2 aliphatic rings. The van der Waals surface area contributed by atoms with Crippen molar-refractivity contribution in [3.8, 4) is 0 Å². The second-order valence-corrected chi connectivity index (χ2v) is 6.54. The lowest BCUT2D eigenvalue weighted by atomic mass is 10.2. The molecule has 1 aliphatic heterocycles. The van der Waals surface area contributed by atoms with Crippen LogP contribution in [0.1, 0.15) is 29.9 Å². The second kappa shape index (κ2) is 5.81. The van der Waals surface area contributed by atoms with Crippen molar-refractivity contribution < 1.29 is 4.79 Å². The number of aromatic nitrogens is 4. The molecule has 0 atom stereocenters. The molecule has 4 rings (SSSR count). The first kappa shape index (κ1) is 14.4. The van der Waals surface area contributed by atoms with Crippen LogP contribution in [0.2, 0.25) is 0 Å². The SMILES string of the molecule is Cn1cc(CN2CCn3c(CNC(=O)C4CC4)cnc3C2)cn1. The van der Waals surface area contributed by atoms with Crippen LogP contribution in [0.3, 0.4) is 0 Å². The van der Waals surface area contributed by atoms with Crippen molar-refractivity contribution >= 4 is 5.91 Å². The second-order valence-electron chi connectivity index (χ2n) is 6.54. The highest BCUT2D eigenvalue weighted by Gasteiger charge is 2.29. The van der Waals surface area contributed by atoms with E-state index >= 15 is 0 Å². The fourth-order valence-corrected chi connectivity index (χ4v) is 3.13. The molecule has 1 N–H and O–H groups in total. The van der Waals surface area contributed by atoms with Crippen molar-refractivity contribution in [2.45, 2.75) is 39.0 Å². The van der Waals surface area contributed by atoms with Crippen molar-refractivity contribution in [2.24, 2.45) is 13.0 Å². The number of fused-ring (bicyclic) bond motifs is 1. The molecule has 0 unspecified atom stereocenters. The molecule has 3 heterocycles. The number of nitrogens with zero attached hydrogens (tertiary/aromatic N) is 5. The Kier molecular flexibility index (Phi) is 3.65. The van der Waals surface area contributed by atoms with E-state index in [9.17, 15) is 4.79 Å². The third-order valence-corrected chi connectivity index (χ3v) is 4.58. The highest BCUT2D eigenvalue weighted by Crippen LogP contribution is 2.28. The molecule has 7 nitrogen and oxygen atoms in total. The fourth-order valence-electron chi connectivity index (χ4n) is 3.13. The predicted molar refractivity (Wildman–Crippen MR) is 84.1 cm³/mol. The van der Waals surface area contributed by atoms with Crippen LogP contribution in [0.5, 0.6) is 0 Å². The van der Waals surface area contributed by atoms with Gasteiger partial charge in [-0.2, -0.15) is 5.10 Å². The van der Waals surface area contributed by atoms with E-state index in [1.165, 1.54) is 5.56 Å². The van der Waals surface area contributed by atoms with Crippen LogP contribution in [-0.2, 0) is 38.0 Å². The number of rotatable bonds is 5. The quantitative estimate of drug-likeness (QED) is 0.880. The topological polar surface area (TPSA) is 68.0 Å². The molecule has 0 saturated heterocycles. The maximum absolute atomic E-state index is 11.8. The molecule has 1 aliphatic carbocycles. The fraction of sp³-hybridized carbons (Fsp3) is 0.562. The summed E-state index contributed by atoms with van der Waals surface area (Å²) in [5.74, 6) is 1.53.